The minimum Gasteiger partial charge on any atom is -0.486 e. The van der Waals surface area contributed by atoms with Crippen molar-refractivity contribution in [1.82, 2.24) is 4.72 Å². The highest BCUT2D eigenvalue weighted by atomic mass is 32.2. The van der Waals surface area contributed by atoms with Gasteiger partial charge in [-0.05, 0) is 60.5 Å². The summed E-state index contributed by atoms with van der Waals surface area (Å²) >= 11 is 0. The molecule has 0 radical (unpaired) electrons. The van der Waals surface area contributed by atoms with Gasteiger partial charge in [0, 0.05) is 5.69 Å². The number of fused-ring (bicyclic) bond motifs is 1. The number of amides is 2. The van der Waals surface area contributed by atoms with E-state index in [0.29, 0.717) is 16.4 Å². The van der Waals surface area contributed by atoms with Gasteiger partial charge in [0.1, 0.15) is 11.9 Å². The molecule has 0 bridgehead atoms. The number of rotatable bonds is 9. The Morgan fingerprint density at radius 2 is 1.70 bits per heavy atom. The van der Waals surface area contributed by atoms with Crippen LogP contribution in [0.4, 0.5) is 29.3 Å². The standard InChI is InChI=1S/C27H26F3N3O8S2/c1-2-4-17-7-10-21(11-8-17)42(37,38)32-25(34)15-20-16-33(23-14-19(31-26(35)36)9-12-24(23)41-20)43(39,40)22-6-3-5-18(13-22)27(28,29)30/h3,5-14,20,31H,2,4,15-16H2,1H3,(H,32,34)(H,35,36). The van der Waals surface area contributed by atoms with Gasteiger partial charge in [-0.2, -0.15) is 13.2 Å². The molecule has 3 aromatic rings. The largest absolute Gasteiger partial charge is 0.486 e. The summed E-state index contributed by atoms with van der Waals surface area (Å²) in [6.07, 6.45) is -6.62. The van der Waals surface area contributed by atoms with Gasteiger partial charge in [-0.3, -0.25) is 14.4 Å². The number of nitrogens with zero attached hydrogens (tertiary/aromatic N) is 1. The van der Waals surface area contributed by atoms with Gasteiger partial charge in [0.25, 0.3) is 20.0 Å². The zero-order valence-electron chi connectivity index (χ0n) is 22.5. The summed E-state index contributed by atoms with van der Waals surface area (Å²) < 4.78 is 101. The number of hydrogen-bond donors (Lipinski definition) is 3. The van der Waals surface area contributed by atoms with Crippen LogP contribution >= 0.6 is 0 Å². The molecule has 3 aromatic carbocycles. The summed E-state index contributed by atoms with van der Waals surface area (Å²) in [5, 5.41) is 11.1. The molecule has 43 heavy (non-hydrogen) atoms. The fourth-order valence-corrected chi connectivity index (χ4v) is 6.93. The molecule has 0 saturated heterocycles. The molecule has 3 N–H and O–H groups in total. The first-order chi connectivity index (χ1) is 20.1. The van der Waals surface area contributed by atoms with Gasteiger partial charge in [-0.25, -0.2) is 26.4 Å². The van der Waals surface area contributed by atoms with Crippen LogP contribution in [-0.2, 0) is 37.4 Å². The average molecular weight is 642 g/mol. The lowest BCUT2D eigenvalue weighted by atomic mass is 10.1. The number of hydrogen-bond acceptors (Lipinski definition) is 7. The van der Waals surface area contributed by atoms with E-state index < -0.39 is 67.8 Å². The minimum absolute atomic E-state index is 0.0636. The zero-order valence-corrected chi connectivity index (χ0v) is 24.1. The first kappa shape index (κ1) is 31.6. The lowest BCUT2D eigenvalue weighted by Crippen LogP contribution is -2.46. The summed E-state index contributed by atoms with van der Waals surface area (Å²) in [4.78, 5) is 23.0. The smallest absolute Gasteiger partial charge is 0.416 e. The Hall–Kier alpha value is -4.31. The minimum atomic E-state index is -4.84. The van der Waals surface area contributed by atoms with Crippen LogP contribution in [0, 0.1) is 0 Å². The third-order valence-corrected chi connectivity index (χ3v) is 9.49. The molecule has 0 spiro atoms. The SMILES string of the molecule is CCCc1ccc(S(=O)(=O)NC(=O)CC2CN(S(=O)(=O)c3cccc(C(F)(F)F)c3)c3cc(NC(=O)O)ccc3O2)cc1. The van der Waals surface area contributed by atoms with Crippen molar-refractivity contribution in [1.29, 1.82) is 0 Å². The lowest BCUT2D eigenvalue weighted by molar-refractivity contribution is -0.137. The van der Waals surface area contributed by atoms with Gasteiger partial charge < -0.3 is 9.84 Å². The molecule has 1 aliphatic rings. The number of carbonyl (C=O) groups excluding carboxylic acids is 1. The Balaban J connectivity index is 1.63. The number of sulfonamides is 2. The molecule has 1 unspecified atom stereocenters. The summed E-state index contributed by atoms with van der Waals surface area (Å²) in [5.74, 6) is -1.16. The molecule has 16 heteroatoms. The highest BCUT2D eigenvalue weighted by molar-refractivity contribution is 7.92. The zero-order chi connectivity index (χ0) is 31.6. The van der Waals surface area contributed by atoms with E-state index in [4.69, 9.17) is 9.84 Å². The van der Waals surface area contributed by atoms with E-state index in [1.807, 2.05) is 11.6 Å². The molecule has 4 rings (SSSR count). The highest BCUT2D eigenvalue weighted by Crippen LogP contribution is 2.40. The number of carboxylic acid groups (broad SMARTS) is 1. The molecule has 1 heterocycles. The Morgan fingerprint density at radius 3 is 2.33 bits per heavy atom. The van der Waals surface area contributed by atoms with Crippen LogP contribution in [0.25, 0.3) is 0 Å². The fraction of sp³-hybridized carbons (Fsp3) is 0.259. The van der Waals surface area contributed by atoms with Crippen LogP contribution in [0.5, 0.6) is 5.75 Å². The van der Waals surface area contributed by atoms with Crippen molar-refractivity contribution in [2.24, 2.45) is 0 Å². The third kappa shape index (κ3) is 7.37. The number of aryl methyl sites for hydroxylation is 1. The summed E-state index contributed by atoms with van der Waals surface area (Å²) in [6.45, 7) is 1.36. The Morgan fingerprint density at radius 1 is 1.00 bits per heavy atom. The van der Waals surface area contributed by atoms with Gasteiger partial charge in [0.15, 0.2) is 0 Å². The van der Waals surface area contributed by atoms with Crippen molar-refractivity contribution in [3.05, 3.63) is 77.9 Å². The molecule has 1 atom stereocenters. The molecule has 0 aromatic heterocycles. The molecule has 11 nitrogen and oxygen atoms in total. The maximum atomic E-state index is 13.7. The van der Waals surface area contributed by atoms with E-state index in [0.717, 1.165) is 36.6 Å². The Bertz CT molecular complexity index is 1750. The van der Waals surface area contributed by atoms with Crippen LogP contribution in [0.15, 0.2) is 76.5 Å². The van der Waals surface area contributed by atoms with Crippen molar-refractivity contribution in [3.63, 3.8) is 0 Å². The van der Waals surface area contributed by atoms with E-state index in [-0.39, 0.29) is 22.0 Å². The van der Waals surface area contributed by atoms with Crippen molar-refractivity contribution in [3.8, 4) is 5.75 Å². The maximum Gasteiger partial charge on any atom is 0.416 e. The summed E-state index contributed by atoms with van der Waals surface area (Å²) in [5.41, 5.74) is -0.579. The molecular weight excluding hydrogens is 615 g/mol. The first-order valence-corrected chi connectivity index (χ1v) is 15.7. The second-order valence-electron chi connectivity index (χ2n) is 9.54. The highest BCUT2D eigenvalue weighted by Gasteiger charge is 2.38. The van der Waals surface area contributed by atoms with Crippen LogP contribution in [0.3, 0.4) is 0 Å². The summed E-state index contributed by atoms with van der Waals surface area (Å²) in [6, 6.07) is 12.5. The topological polar surface area (TPSA) is 159 Å². The molecule has 2 amide bonds. The van der Waals surface area contributed by atoms with E-state index in [1.165, 1.54) is 24.3 Å². The number of alkyl halides is 3. The van der Waals surface area contributed by atoms with E-state index in [1.54, 1.807) is 12.1 Å². The number of nitrogens with one attached hydrogen (secondary N) is 2. The van der Waals surface area contributed by atoms with Crippen LogP contribution in [0.2, 0.25) is 0 Å². The molecule has 0 saturated carbocycles. The van der Waals surface area contributed by atoms with Crippen molar-refractivity contribution >= 4 is 43.4 Å². The monoisotopic (exact) mass is 641 g/mol. The van der Waals surface area contributed by atoms with Crippen molar-refractivity contribution < 1.29 is 49.4 Å². The Kier molecular flexibility index (Phi) is 8.92. The quantitative estimate of drug-likeness (QED) is 0.306. The van der Waals surface area contributed by atoms with Crippen molar-refractivity contribution in [2.45, 2.75) is 48.3 Å². The average Bonchev–Trinajstić information content (AvgIpc) is 2.92. The number of ether oxygens (including phenoxy) is 1. The summed E-state index contributed by atoms with van der Waals surface area (Å²) in [7, 11) is -9.01. The molecule has 1 aliphatic heterocycles. The van der Waals surface area contributed by atoms with Crippen LogP contribution in [-0.4, -0.2) is 46.6 Å². The van der Waals surface area contributed by atoms with Crippen LogP contribution in [0.1, 0.15) is 30.9 Å². The van der Waals surface area contributed by atoms with Gasteiger partial charge >= 0.3 is 12.3 Å². The van der Waals surface area contributed by atoms with Gasteiger partial charge in [0.05, 0.1) is 34.0 Å². The van der Waals surface area contributed by atoms with Crippen LogP contribution < -0.4 is 19.1 Å². The number of anilines is 2. The predicted octanol–water partition coefficient (Wildman–Crippen LogP) is 4.60. The predicted molar refractivity (Wildman–Crippen MR) is 149 cm³/mol. The fourth-order valence-electron chi connectivity index (χ4n) is 4.39. The van der Waals surface area contributed by atoms with Gasteiger partial charge in [-0.1, -0.05) is 31.5 Å². The molecule has 230 valence electrons. The second-order valence-corrected chi connectivity index (χ2v) is 13.1. The second kappa shape index (κ2) is 12.1. The maximum absolute atomic E-state index is 13.7. The number of halogens is 3. The number of benzene rings is 3. The van der Waals surface area contributed by atoms with Gasteiger partial charge in [-0.15, -0.1) is 0 Å². The lowest BCUT2D eigenvalue weighted by Gasteiger charge is -2.35. The molecular formula is C27H26F3N3O8S2. The molecule has 0 fully saturated rings. The number of carbonyl (C=O) groups is 2. The third-order valence-electron chi connectivity index (χ3n) is 6.32. The van der Waals surface area contributed by atoms with Gasteiger partial charge in [0.2, 0.25) is 5.91 Å². The Labute approximate surface area is 245 Å². The first-order valence-electron chi connectivity index (χ1n) is 12.8. The molecule has 0 aliphatic carbocycles. The van der Waals surface area contributed by atoms with E-state index >= 15 is 0 Å². The van der Waals surface area contributed by atoms with E-state index in [2.05, 4.69) is 5.32 Å². The van der Waals surface area contributed by atoms with Crippen molar-refractivity contribution in [2.75, 3.05) is 16.2 Å². The normalized spacial score (nSPS) is 15.3. The van der Waals surface area contributed by atoms with E-state index in [9.17, 15) is 39.6 Å².